The molecule has 3 aromatic carbocycles. The van der Waals surface area contributed by atoms with E-state index >= 15 is 0 Å². The van der Waals surface area contributed by atoms with E-state index in [1.54, 1.807) is 35.2 Å². The van der Waals surface area contributed by atoms with E-state index in [4.69, 9.17) is 19.9 Å². The molecule has 0 aliphatic carbocycles. The first-order valence-electron chi connectivity index (χ1n) is 16.9. The minimum atomic E-state index is -0.404. The molecule has 3 atom stereocenters. The van der Waals surface area contributed by atoms with Crippen LogP contribution in [0.4, 0.5) is 17.1 Å². The number of para-hydroxylation sites is 3. The molecule has 5 rings (SSSR count). The van der Waals surface area contributed by atoms with Gasteiger partial charge in [-0.05, 0) is 68.8 Å². The number of aliphatic hydroxyl groups is 1. The lowest BCUT2D eigenvalue weighted by Crippen LogP contribution is -2.49. The quantitative estimate of drug-likeness (QED) is 0.138. The van der Waals surface area contributed by atoms with Crippen LogP contribution in [-0.4, -0.2) is 78.3 Å². The summed E-state index contributed by atoms with van der Waals surface area (Å²) in [7, 11) is 2.01. The van der Waals surface area contributed by atoms with Gasteiger partial charge in [-0.2, -0.15) is 0 Å². The number of rotatable bonds is 14. The van der Waals surface area contributed by atoms with Crippen molar-refractivity contribution in [3.8, 4) is 17.2 Å². The Bertz CT molecular complexity index is 1630. The van der Waals surface area contributed by atoms with Crippen LogP contribution in [0.1, 0.15) is 61.9 Å². The predicted octanol–water partition coefficient (Wildman–Crippen LogP) is 4.88. The molecule has 5 N–H and O–H groups in total. The minimum Gasteiger partial charge on any atom is -0.486 e. The van der Waals surface area contributed by atoms with Crippen molar-refractivity contribution in [2.45, 2.75) is 64.6 Å². The summed E-state index contributed by atoms with van der Waals surface area (Å²) in [5.74, 6) is 1.09. The number of nitrogens with two attached hydrogens (primary N) is 1. The van der Waals surface area contributed by atoms with Crippen molar-refractivity contribution in [3.05, 3.63) is 71.8 Å². The average Bonchev–Trinajstić information content (AvgIpc) is 3.55. The summed E-state index contributed by atoms with van der Waals surface area (Å²) in [6, 6.07) is 17.8. The first kappa shape index (κ1) is 35.5. The molecule has 0 aromatic heterocycles. The van der Waals surface area contributed by atoms with Crippen molar-refractivity contribution in [1.29, 1.82) is 0 Å². The molecule has 3 amide bonds. The van der Waals surface area contributed by atoms with Gasteiger partial charge in [0.25, 0.3) is 5.91 Å². The van der Waals surface area contributed by atoms with Gasteiger partial charge >= 0.3 is 0 Å². The largest absolute Gasteiger partial charge is 0.486 e. The van der Waals surface area contributed by atoms with E-state index < -0.39 is 6.04 Å². The smallest absolute Gasteiger partial charge is 0.258 e. The molecular weight excluding hydrogens is 626 g/mol. The van der Waals surface area contributed by atoms with Gasteiger partial charge in [-0.25, -0.2) is 0 Å². The summed E-state index contributed by atoms with van der Waals surface area (Å²) in [5, 5.41) is 15.8. The number of ether oxygens (including phenoxy) is 3. The zero-order valence-corrected chi connectivity index (χ0v) is 28.4. The highest BCUT2D eigenvalue weighted by Crippen LogP contribution is 2.36. The molecule has 0 radical (unpaired) electrons. The van der Waals surface area contributed by atoms with E-state index in [-0.39, 0.29) is 49.6 Å². The van der Waals surface area contributed by atoms with Crippen molar-refractivity contribution in [1.82, 2.24) is 9.80 Å². The highest BCUT2D eigenvalue weighted by atomic mass is 16.7. The molecule has 2 aliphatic heterocycles. The van der Waals surface area contributed by atoms with E-state index in [0.29, 0.717) is 73.7 Å². The first-order chi connectivity index (χ1) is 23.6. The minimum absolute atomic E-state index is 0.0930. The number of fused-ring (bicyclic) bond motifs is 2. The van der Waals surface area contributed by atoms with Gasteiger partial charge in [-0.3, -0.25) is 19.3 Å². The van der Waals surface area contributed by atoms with E-state index in [1.165, 1.54) is 0 Å². The van der Waals surface area contributed by atoms with Crippen LogP contribution >= 0.6 is 0 Å². The number of carbonyl (C=O) groups is 3. The lowest BCUT2D eigenvalue weighted by molar-refractivity contribution is -0.116. The fourth-order valence-electron chi connectivity index (χ4n) is 6.07. The second-order valence-electron chi connectivity index (χ2n) is 12.9. The zero-order chi connectivity index (χ0) is 34.9. The van der Waals surface area contributed by atoms with Crippen LogP contribution in [0.3, 0.4) is 0 Å². The Labute approximate surface area is 287 Å². The molecule has 0 unspecified atom stereocenters. The number of aliphatic hydroxyl groups excluding tert-OH is 1. The Hall–Kier alpha value is -4.81. The summed E-state index contributed by atoms with van der Waals surface area (Å²) < 4.78 is 17.7. The number of hydrogen-bond acceptors (Lipinski definition) is 9. The van der Waals surface area contributed by atoms with Gasteiger partial charge in [0.2, 0.25) is 18.6 Å². The first-order valence-corrected chi connectivity index (χ1v) is 16.9. The van der Waals surface area contributed by atoms with Crippen LogP contribution in [0.5, 0.6) is 17.2 Å². The van der Waals surface area contributed by atoms with Gasteiger partial charge < -0.3 is 40.6 Å². The topological polar surface area (TPSA) is 156 Å². The number of amides is 3. The predicted molar refractivity (Wildman–Crippen MR) is 188 cm³/mol. The zero-order valence-electron chi connectivity index (χ0n) is 28.4. The summed E-state index contributed by atoms with van der Waals surface area (Å²) in [6.07, 6.45) is 2.14. The third-order valence-electron chi connectivity index (χ3n) is 8.89. The second-order valence-corrected chi connectivity index (χ2v) is 12.9. The molecule has 0 bridgehead atoms. The summed E-state index contributed by atoms with van der Waals surface area (Å²) >= 11 is 0. The Balaban J connectivity index is 1.23. The Kier molecular flexibility index (Phi) is 12.0. The number of nitrogen functional groups attached to an aromatic ring is 1. The molecule has 49 heavy (non-hydrogen) atoms. The third kappa shape index (κ3) is 9.21. The maximum absolute atomic E-state index is 13.8. The number of nitrogens with one attached hydrogen (secondary N) is 2. The van der Waals surface area contributed by atoms with Crippen molar-refractivity contribution in [2.24, 2.45) is 5.92 Å². The monoisotopic (exact) mass is 673 g/mol. The Morgan fingerprint density at radius 3 is 2.41 bits per heavy atom. The van der Waals surface area contributed by atoms with E-state index in [2.05, 4.69) is 15.5 Å². The highest BCUT2D eigenvalue weighted by Gasteiger charge is 2.34. The number of nitrogens with zero attached hydrogens (tertiary/aromatic N) is 2. The standard InChI is InChI=1S/C37H47N5O7/c1-24-19-42(25(2)22-43)37(46)27-10-9-13-30(40-35(45)15-6-4-5-14-34(44)39-29-12-8-7-11-28(29)38)36(27)49-33(24)21-41(3)20-26-16-17-31-32(18-26)48-23-47-31/h7-13,16-18,24-25,33,43H,4-6,14-15,19-23,38H2,1-3H3,(H,39,44)(H,40,45)/t24-,25+,33-/m1/s1. The molecule has 2 heterocycles. The number of likely N-dealkylation sites (N-methyl/N-ethyl adjacent to an activating group) is 1. The second kappa shape index (κ2) is 16.5. The molecular formula is C37H47N5O7. The number of hydrogen-bond donors (Lipinski definition) is 4. The molecule has 3 aromatic rings. The van der Waals surface area contributed by atoms with E-state index in [9.17, 15) is 19.5 Å². The molecule has 0 saturated carbocycles. The molecule has 12 heteroatoms. The van der Waals surface area contributed by atoms with E-state index in [0.717, 1.165) is 17.1 Å². The van der Waals surface area contributed by atoms with Gasteiger partial charge in [0.1, 0.15) is 6.10 Å². The molecule has 262 valence electrons. The third-order valence-corrected chi connectivity index (χ3v) is 8.89. The summed E-state index contributed by atoms with van der Waals surface area (Å²) in [5.41, 5.74) is 8.82. The summed E-state index contributed by atoms with van der Waals surface area (Å²) in [6.45, 7) is 5.46. The van der Waals surface area contributed by atoms with Gasteiger partial charge in [0.15, 0.2) is 17.2 Å². The summed E-state index contributed by atoms with van der Waals surface area (Å²) in [4.78, 5) is 43.1. The Morgan fingerprint density at radius 1 is 0.980 bits per heavy atom. The van der Waals surface area contributed by atoms with Crippen LogP contribution in [0.15, 0.2) is 60.7 Å². The molecule has 0 spiro atoms. The number of benzene rings is 3. The van der Waals surface area contributed by atoms with Crippen molar-refractivity contribution in [3.63, 3.8) is 0 Å². The lowest BCUT2D eigenvalue weighted by Gasteiger charge is -2.38. The van der Waals surface area contributed by atoms with Crippen molar-refractivity contribution in [2.75, 3.05) is 49.9 Å². The molecule has 2 aliphatic rings. The van der Waals surface area contributed by atoms with Gasteiger partial charge in [-0.15, -0.1) is 0 Å². The van der Waals surface area contributed by atoms with Gasteiger partial charge in [0, 0.05) is 38.4 Å². The maximum atomic E-state index is 13.8. The fourth-order valence-corrected chi connectivity index (χ4v) is 6.07. The van der Waals surface area contributed by atoms with Gasteiger partial charge in [-0.1, -0.05) is 37.6 Å². The fraction of sp³-hybridized carbons (Fsp3) is 0.432. The van der Waals surface area contributed by atoms with E-state index in [1.807, 2.05) is 51.2 Å². The van der Waals surface area contributed by atoms with Crippen LogP contribution in [0.25, 0.3) is 0 Å². The average molecular weight is 674 g/mol. The molecule has 12 nitrogen and oxygen atoms in total. The Morgan fingerprint density at radius 2 is 1.67 bits per heavy atom. The SMILES string of the molecule is C[C@@H]1CN([C@@H](C)CO)C(=O)c2cccc(NC(=O)CCCCCC(=O)Nc3ccccc3N)c2O[C@@H]1CN(C)Cc1ccc2c(c1)OCO2. The van der Waals surface area contributed by atoms with Crippen molar-refractivity contribution < 1.29 is 33.7 Å². The maximum Gasteiger partial charge on any atom is 0.258 e. The highest BCUT2D eigenvalue weighted by molar-refractivity contribution is 6.01. The van der Waals surface area contributed by atoms with Gasteiger partial charge in [0.05, 0.1) is 35.3 Å². The number of unbranched alkanes of at least 4 members (excludes halogenated alkanes) is 2. The molecule has 0 fully saturated rings. The normalized spacial score (nSPS) is 17.5. The molecule has 0 saturated heterocycles. The van der Waals surface area contributed by atoms with Crippen LogP contribution in [-0.2, 0) is 16.1 Å². The van der Waals surface area contributed by atoms with Crippen LogP contribution in [0, 0.1) is 5.92 Å². The van der Waals surface area contributed by atoms with Crippen LogP contribution in [0.2, 0.25) is 0 Å². The van der Waals surface area contributed by atoms with Crippen LogP contribution < -0.4 is 30.6 Å². The number of carbonyl (C=O) groups excluding carboxylic acids is 3. The lowest BCUT2D eigenvalue weighted by atomic mass is 9.98. The van der Waals surface area contributed by atoms with Crippen molar-refractivity contribution >= 4 is 34.8 Å². The number of anilines is 3.